The number of carbonyl (C=O) groups excluding carboxylic acids is 1. The Hall–Kier alpha value is -1.58. The highest BCUT2D eigenvalue weighted by atomic mass is 16.2. The summed E-state index contributed by atoms with van der Waals surface area (Å²) in [4.78, 5) is 12.9. The van der Waals surface area contributed by atoms with E-state index in [2.05, 4.69) is 5.10 Å². The first-order chi connectivity index (χ1) is 6.93. The van der Waals surface area contributed by atoms with Gasteiger partial charge in [0.25, 0.3) is 0 Å². The van der Waals surface area contributed by atoms with Crippen LogP contribution in [0.3, 0.4) is 0 Å². The molecule has 0 saturated heterocycles. The number of aromatic nitrogens is 2. The van der Waals surface area contributed by atoms with Gasteiger partial charge in [-0.15, -0.1) is 0 Å². The van der Waals surface area contributed by atoms with Gasteiger partial charge in [-0.05, 0) is 19.9 Å². The number of hydrogen-bond acceptors (Lipinski definition) is 2. The largest absolute Gasteiger partial charge is 0.345 e. The van der Waals surface area contributed by atoms with Crippen LogP contribution in [0.5, 0.6) is 0 Å². The SMILES string of the molecule is Cc1nn(C)c(C)c1C=CC(=O)N(C)C. The van der Waals surface area contributed by atoms with E-state index in [1.54, 1.807) is 20.2 Å². The monoisotopic (exact) mass is 207 g/mol. The Labute approximate surface area is 90.2 Å². The van der Waals surface area contributed by atoms with Crippen molar-refractivity contribution >= 4 is 12.0 Å². The maximum absolute atomic E-state index is 11.4. The Balaban J connectivity index is 2.94. The molecular formula is C11H17N3O. The molecule has 1 amide bonds. The van der Waals surface area contributed by atoms with Crippen LogP contribution in [0.4, 0.5) is 0 Å². The molecule has 0 aliphatic heterocycles. The highest BCUT2D eigenvalue weighted by Crippen LogP contribution is 2.13. The standard InChI is InChI=1S/C11H17N3O/c1-8-10(9(2)14(5)12-8)6-7-11(15)13(3)4/h6-7H,1-5H3. The average Bonchev–Trinajstić information content (AvgIpc) is 2.38. The fourth-order valence-electron chi connectivity index (χ4n) is 1.33. The highest BCUT2D eigenvalue weighted by molar-refractivity contribution is 5.91. The lowest BCUT2D eigenvalue weighted by molar-refractivity contribution is -0.123. The van der Waals surface area contributed by atoms with E-state index in [9.17, 15) is 4.79 Å². The topological polar surface area (TPSA) is 38.1 Å². The van der Waals surface area contributed by atoms with E-state index in [4.69, 9.17) is 0 Å². The molecule has 1 aromatic rings. The van der Waals surface area contributed by atoms with E-state index >= 15 is 0 Å². The molecule has 0 spiro atoms. The first-order valence-electron chi connectivity index (χ1n) is 4.83. The second-order valence-electron chi connectivity index (χ2n) is 3.77. The summed E-state index contributed by atoms with van der Waals surface area (Å²) < 4.78 is 1.81. The second-order valence-corrected chi connectivity index (χ2v) is 3.77. The van der Waals surface area contributed by atoms with Crippen LogP contribution in [0.15, 0.2) is 6.08 Å². The van der Waals surface area contributed by atoms with Crippen LogP contribution in [-0.2, 0) is 11.8 Å². The van der Waals surface area contributed by atoms with E-state index in [0.29, 0.717) is 0 Å². The molecular weight excluding hydrogens is 190 g/mol. The molecule has 0 radical (unpaired) electrons. The molecule has 82 valence electrons. The molecule has 0 atom stereocenters. The maximum Gasteiger partial charge on any atom is 0.246 e. The van der Waals surface area contributed by atoms with Gasteiger partial charge in [0.2, 0.25) is 5.91 Å². The smallest absolute Gasteiger partial charge is 0.246 e. The lowest BCUT2D eigenvalue weighted by atomic mass is 10.2. The van der Waals surface area contributed by atoms with Crippen molar-refractivity contribution < 1.29 is 4.79 Å². The number of carbonyl (C=O) groups is 1. The van der Waals surface area contributed by atoms with Crippen LogP contribution in [0.1, 0.15) is 17.0 Å². The summed E-state index contributed by atoms with van der Waals surface area (Å²) >= 11 is 0. The molecule has 15 heavy (non-hydrogen) atoms. The van der Waals surface area contributed by atoms with Crippen molar-refractivity contribution in [1.82, 2.24) is 14.7 Å². The minimum Gasteiger partial charge on any atom is -0.345 e. The van der Waals surface area contributed by atoms with Crippen LogP contribution < -0.4 is 0 Å². The number of nitrogens with zero attached hydrogens (tertiary/aromatic N) is 3. The molecule has 0 saturated carbocycles. The van der Waals surface area contributed by atoms with E-state index < -0.39 is 0 Å². The molecule has 0 aliphatic rings. The van der Waals surface area contributed by atoms with Gasteiger partial charge < -0.3 is 4.90 Å². The summed E-state index contributed by atoms with van der Waals surface area (Å²) in [6, 6.07) is 0. The summed E-state index contributed by atoms with van der Waals surface area (Å²) in [5, 5.41) is 4.27. The second kappa shape index (κ2) is 4.29. The number of rotatable bonds is 2. The Kier molecular flexibility index (Phi) is 3.29. The molecule has 0 unspecified atom stereocenters. The third-order valence-electron chi connectivity index (χ3n) is 2.40. The summed E-state index contributed by atoms with van der Waals surface area (Å²) in [5.41, 5.74) is 3.03. The van der Waals surface area contributed by atoms with Crippen LogP contribution in [0, 0.1) is 13.8 Å². The van der Waals surface area contributed by atoms with E-state index in [0.717, 1.165) is 17.0 Å². The van der Waals surface area contributed by atoms with Crippen molar-refractivity contribution in [2.45, 2.75) is 13.8 Å². The minimum atomic E-state index is -0.0161. The molecule has 0 aliphatic carbocycles. The van der Waals surface area contributed by atoms with Crippen LogP contribution in [0.2, 0.25) is 0 Å². The number of likely N-dealkylation sites (N-methyl/N-ethyl adjacent to an activating group) is 1. The van der Waals surface area contributed by atoms with E-state index in [1.165, 1.54) is 4.90 Å². The molecule has 4 heteroatoms. The van der Waals surface area contributed by atoms with Crippen LogP contribution in [0.25, 0.3) is 6.08 Å². The molecule has 4 nitrogen and oxygen atoms in total. The maximum atomic E-state index is 11.4. The van der Waals surface area contributed by atoms with Crippen molar-refractivity contribution in [3.8, 4) is 0 Å². The summed E-state index contributed by atoms with van der Waals surface area (Å²) in [7, 11) is 5.36. The molecule has 1 aromatic heterocycles. The lowest BCUT2D eigenvalue weighted by Gasteiger charge is -2.05. The first kappa shape index (κ1) is 11.5. The van der Waals surface area contributed by atoms with Gasteiger partial charge in [-0.3, -0.25) is 9.48 Å². The third-order valence-corrected chi connectivity index (χ3v) is 2.40. The zero-order valence-corrected chi connectivity index (χ0v) is 9.90. The summed E-state index contributed by atoms with van der Waals surface area (Å²) in [6.07, 6.45) is 3.39. The Morgan fingerprint density at radius 1 is 1.40 bits per heavy atom. The van der Waals surface area contributed by atoms with Crippen molar-refractivity contribution in [3.63, 3.8) is 0 Å². The highest BCUT2D eigenvalue weighted by Gasteiger charge is 2.06. The van der Waals surface area contributed by atoms with E-state index in [-0.39, 0.29) is 5.91 Å². The summed E-state index contributed by atoms with van der Waals surface area (Å²) in [5.74, 6) is -0.0161. The van der Waals surface area contributed by atoms with Crippen LogP contribution in [-0.4, -0.2) is 34.7 Å². The Bertz CT molecular complexity index is 402. The number of hydrogen-bond donors (Lipinski definition) is 0. The van der Waals surface area contributed by atoms with E-state index in [1.807, 2.05) is 31.7 Å². The van der Waals surface area contributed by atoms with Gasteiger partial charge in [0.05, 0.1) is 5.69 Å². The molecule has 0 bridgehead atoms. The minimum absolute atomic E-state index is 0.0161. The van der Waals surface area contributed by atoms with Gasteiger partial charge in [-0.2, -0.15) is 5.10 Å². The number of amides is 1. The van der Waals surface area contributed by atoms with Gasteiger partial charge in [-0.25, -0.2) is 0 Å². The fourth-order valence-corrected chi connectivity index (χ4v) is 1.33. The van der Waals surface area contributed by atoms with Crippen molar-refractivity contribution in [2.24, 2.45) is 7.05 Å². The molecule has 0 fully saturated rings. The Morgan fingerprint density at radius 3 is 2.40 bits per heavy atom. The number of aryl methyl sites for hydroxylation is 2. The Morgan fingerprint density at radius 2 is 2.00 bits per heavy atom. The molecule has 1 rings (SSSR count). The van der Waals surface area contributed by atoms with Gasteiger partial charge in [-0.1, -0.05) is 0 Å². The molecule has 0 aromatic carbocycles. The first-order valence-corrected chi connectivity index (χ1v) is 4.83. The van der Waals surface area contributed by atoms with Gasteiger partial charge in [0.1, 0.15) is 0 Å². The fraction of sp³-hybridized carbons (Fsp3) is 0.455. The van der Waals surface area contributed by atoms with Crippen molar-refractivity contribution in [1.29, 1.82) is 0 Å². The normalized spacial score (nSPS) is 11.0. The lowest BCUT2D eigenvalue weighted by Crippen LogP contribution is -2.18. The zero-order valence-electron chi connectivity index (χ0n) is 9.90. The molecule has 0 N–H and O–H groups in total. The van der Waals surface area contributed by atoms with Gasteiger partial charge >= 0.3 is 0 Å². The predicted octanol–water partition coefficient (Wildman–Crippen LogP) is 1.14. The van der Waals surface area contributed by atoms with Gasteiger partial charge in [0.15, 0.2) is 0 Å². The average molecular weight is 207 g/mol. The molecule has 1 heterocycles. The predicted molar refractivity (Wildman–Crippen MR) is 60.4 cm³/mol. The quantitative estimate of drug-likeness (QED) is 0.682. The van der Waals surface area contributed by atoms with Crippen LogP contribution >= 0.6 is 0 Å². The van der Waals surface area contributed by atoms with Gasteiger partial charge in [0, 0.05) is 38.5 Å². The van der Waals surface area contributed by atoms with Crippen molar-refractivity contribution in [3.05, 3.63) is 23.0 Å². The zero-order chi connectivity index (χ0) is 11.6. The summed E-state index contributed by atoms with van der Waals surface area (Å²) in [6.45, 7) is 3.92. The van der Waals surface area contributed by atoms with Crippen molar-refractivity contribution in [2.75, 3.05) is 14.1 Å². The third kappa shape index (κ3) is 2.46.